The van der Waals surface area contributed by atoms with Crippen molar-refractivity contribution in [2.24, 2.45) is 16.9 Å². The zero-order chi connectivity index (χ0) is 26.1. The van der Waals surface area contributed by atoms with E-state index in [1.165, 1.54) is 13.1 Å². The molecule has 3 aliphatic rings. The van der Waals surface area contributed by atoms with Gasteiger partial charge < -0.3 is 26.4 Å². The van der Waals surface area contributed by atoms with Crippen LogP contribution in [0.1, 0.15) is 87.5 Å². The molecule has 0 aromatic carbocycles. The van der Waals surface area contributed by atoms with E-state index in [0.29, 0.717) is 31.3 Å². The lowest BCUT2D eigenvalue weighted by molar-refractivity contribution is 0.0464. The Balaban J connectivity index is 0.000000255. The molecule has 0 amide bonds. The second-order valence-corrected chi connectivity index (χ2v) is 12.4. The van der Waals surface area contributed by atoms with Crippen molar-refractivity contribution < 1.29 is 9.50 Å². The molecule has 0 spiro atoms. The third-order valence-corrected chi connectivity index (χ3v) is 8.14. The van der Waals surface area contributed by atoms with Gasteiger partial charge in [-0.1, -0.05) is 6.92 Å². The standard InChI is InChI=1S/C10H21NO.C9H20N2.C8H17FN2/c1-9(2)11-6-4-10(3,8-12)5-7-11;1-8(2)11-6-4-9(3,10)5-7-11;1-6(2)11-4-3-8(10)7(9)5-11/h9,12H,4-8H2,1-3H3;8H,4-7,10H2,1-3H3;6-8H,3-5,10H2,1-2H3. The quantitative estimate of drug-likeness (QED) is 0.563. The number of aliphatic hydroxyl groups excluding tert-OH is 1. The van der Waals surface area contributed by atoms with Crippen LogP contribution in [0.15, 0.2) is 0 Å². The third kappa shape index (κ3) is 11.2. The van der Waals surface area contributed by atoms with Crippen LogP contribution in [0.2, 0.25) is 0 Å². The monoisotopic (exact) mass is 487 g/mol. The van der Waals surface area contributed by atoms with E-state index in [9.17, 15) is 4.39 Å². The Labute approximate surface area is 210 Å². The molecule has 7 heteroatoms. The highest BCUT2D eigenvalue weighted by molar-refractivity contribution is 4.87. The molecule has 204 valence electrons. The molecule has 2 unspecified atom stereocenters. The number of hydrogen-bond acceptors (Lipinski definition) is 6. The molecule has 0 bridgehead atoms. The van der Waals surface area contributed by atoms with E-state index in [4.69, 9.17) is 16.6 Å². The molecule has 3 rings (SSSR count). The first-order valence-corrected chi connectivity index (χ1v) is 13.7. The molecule has 3 heterocycles. The van der Waals surface area contributed by atoms with E-state index in [1.54, 1.807) is 0 Å². The van der Waals surface area contributed by atoms with E-state index in [0.717, 1.165) is 51.7 Å². The van der Waals surface area contributed by atoms with Crippen LogP contribution >= 0.6 is 0 Å². The second-order valence-electron chi connectivity index (χ2n) is 12.4. The summed E-state index contributed by atoms with van der Waals surface area (Å²) in [5, 5.41) is 9.16. The van der Waals surface area contributed by atoms with Crippen LogP contribution in [0.3, 0.4) is 0 Å². The average molecular weight is 488 g/mol. The van der Waals surface area contributed by atoms with Crippen LogP contribution < -0.4 is 11.5 Å². The van der Waals surface area contributed by atoms with Crippen molar-refractivity contribution >= 4 is 0 Å². The molecule has 34 heavy (non-hydrogen) atoms. The van der Waals surface area contributed by atoms with Gasteiger partial charge in [0.2, 0.25) is 0 Å². The van der Waals surface area contributed by atoms with Gasteiger partial charge in [-0.3, -0.25) is 4.90 Å². The minimum absolute atomic E-state index is 0.103. The summed E-state index contributed by atoms with van der Waals surface area (Å²) in [6, 6.07) is 1.56. The zero-order valence-corrected chi connectivity index (χ0v) is 23.7. The maximum atomic E-state index is 13.0. The molecule has 6 nitrogen and oxygen atoms in total. The molecule has 0 saturated carbocycles. The number of halogens is 1. The Kier molecular flexibility index (Phi) is 13.5. The zero-order valence-electron chi connectivity index (χ0n) is 23.7. The molecule has 0 aromatic heterocycles. The van der Waals surface area contributed by atoms with E-state index in [1.807, 2.05) is 0 Å². The molecule has 3 saturated heterocycles. The summed E-state index contributed by atoms with van der Waals surface area (Å²) in [4.78, 5) is 7.11. The predicted octanol–water partition coefficient (Wildman–Crippen LogP) is 3.46. The Morgan fingerprint density at radius 2 is 1.21 bits per heavy atom. The number of likely N-dealkylation sites (tertiary alicyclic amines) is 3. The number of alkyl halides is 1. The van der Waals surface area contributed by atoms with Crippen molar-refractivity contribution in [2.45, 2.75) is 123 Å². The second kappa shape index (κ2) is 14.4. The molecule has 5 N–H and O–H groups in total. The lowest BCUT2D eigenvalue weighted by Gasteiger charge is -2.40. The summed E-state index contributed by atoms with van der Waals surface area (Å²) in [7, 11) is 0. The minimum Gasteiger partial charge on any atom is -0.396 e. The van der Waals surface area contributed by atoms with Gasteiger partial charge in [0.1, 0.15) is 6.17 Å². The Hall–Kier alpha value is -0.310. The van der Waals surface area contributed by atoms with Gasteiger partial charge >= 0.3 is 0 Å². The molecule has 3 fully saturated rings. The third-order valence-electron chi connectivity index (χ3n) is 8.14. The lowest BCUT2D eigenvalue weighted by Crippen LogP contribution is -2.50. The smallest absolute Gasteiger partial charge is 0.128 e. The Morgan fingerprint density at radius 3 is 1.56 bits per heavy atom. The summed E-state index contributed by atoms with van der Waals surface area (Å²) in [6.07, 6.45) is 4.53. The topological polar surface area (TPSA) is 82.0 Å². The van der Waals surface area contributed by atoms with Crippen molar-refractivity contribution in [3.63, 3.8) is 0 Å². The van der Waals surface area contributed by atoms with Crippen LogP contribution in [-0.2, 0) is 0 Å². The molecule has 2 atom stereocenters. The average Bonchev–Trinajstić information content (AvgIpc) is 2.76. The van der Waals surface area contributed by atoms with Crippen molar-refractivity contribution in [1.82, 2.24) is 14.7 Å². The van der Waals surface area contributed by atoms with Crippen LogP contribution in [0.4, 0.5) is 4.39 Å². The van der Waals surface area contributed by atoms with Gasteiger partial charge in [0.25, 0.3) is 0 Å². The van der Waals surface area contributed by atoms with Gasteiger partial charge in [-0.2, -0.15) is 0 Å². The highest BCUT2D eigenvalue weighted by Crippen LogP contribution is 2.30. The largest absolute Gasteiger partial charge is 0.396 e. The van der Waals surface area contributed by atoms with E-state index in [-0.39, 0.29) is 17.0 Å². The molecule has 0 aliphatic carbocycles. The van der Waals surface area contributed by atoms with Gasteiger partial charge in [-0.25, -0.2) is 4.39 Å². The van der Waals surface area contributed by atoms with Gasteiger partial charge in [-0.05, 0) is 99.1 Å². The van der Waals surface area contributed by atoms with Gasteiger partial charge in [0.05, 0.1) is 0 Å². The fraction of sp³-hybridized carbons (Fsp3) is 1.00. The van der Waals surface area contributed by atoms with Gasteiger partial charge in [0.15, 0.2) is 0 Å². The lowest BCUT2D eigenvalue weighted by atomic mass is 9.81. The number of hydrogen-bond donors (Lipinski definition) is 3. The van der Waals surface area contributed by atoms with Crippen LogP contribution in [0.5, 0.6) is 0 Å². The predicted molar refractivity (Wildman–Crippen MR) is 144 cm³/mol. The van der Waals surface area contributed by atoms with Crippen LogP contribution in [0, 0.1) is 5.41 Å². The maximum Gasteiger partial charge on any atom is 0.128 e. The molecular formula is C27H58FN5O. The number of rotatable bonds is 4. The first kappa shape index (κ1) is 31.7. The first-order chi connectivity index (χ1) is 15.7. The number of piperidine rings is 3. The SMILES string of the molecule is CC(C)N1CCC(C)(CO)CC1.CC(C)N1CCC(C)(N)CC1.CC(C)N1CCC(N)C(F)C1. The van der Waals surface area contributed by atoms with Crippen LogP contribution in [0.25, 0.3) is 0 Å². The molecule has 3 aliphatic heterocycles. The Bertz CT molecular complexity index is 539. The van der Waals surface area contributed by atoms with Gasteiger partial charge in [0, 0.05) is 62.5 Å². The van der Waals surface area contributed by atoms with E-state index >= 15 is 0 Å². The van der Waals surface area contributed by atoms with Crippen LogP contribution in [-0.4, -0.2) is 102 Å². The maximum absolute atomic E-state index is 13.0. The Morgan fingerprint density at radius 1 is 0.794 bits per heavy atom. The number of nitrogens with zero attached hydrogens (tertiary/aromatic N) is 3. The van der Waals surface area contributed by atoms with Crippen molar-refractivity contribution in [3.8, 4) is 0 Å². The first-order valence-electron chi connectivity index (χ1n) is 13.7. The molecular weight excluding hydrogens is 429 g/mol. The summed E-state index contributed by atoms with van der Waals surface area (Å²) >= 11 is 0. The van der Waals surface area contributed by atoms with Crippen molar-refractivity contribution in [1.29, 1.82) is 0 Å². The van der Waals surface area contributed by atoms with E-state index in [2.05, 4.69) is 70.1 Å². The number of nitrogens with two attached hydrogens (primary N) is 2. The highest BCUT2D eigenvalue weighted by Gasteiger charge is 2.30. The van der Waals surface area contributed by atoms with E-state index < -0.39 is 6.17 Å². The summed E-state index contributed by atoms with van der Waals surface area (Å²) in [6.45, 7) is 23.9. The highest BCUT2D eigenvalue weighted by atomic mass is 19.1. The fourth-order valence-corrected chi connectivity index (χ4v) is 4.71. The molecule has 0 aromatic rings. The normalized spacial score (nSPS) is 28.3. The number of aliphatic hydroxyl groups is 1. The van der Waals surface area contributed by atoms with Gasteiger partial charge in [-0.15, -0.1) is 0 Å². The molecule has 0 radical (unpaired) electrons. The minimum atomic E-state index is -0.828. The summed E-state index contributed by atoms with van der Waals surface area (Å²) < 4.78 is 13.0. The van der Waals surface area contributed by atoms with Crippen molar-refractivity contribution in [3.05, 3.63) is 0 Å². The van der Waals surface area contributed by atoms with Crippen molar-refractivity contribution in [2.75, 3.05) is 45.9 Å². The fourth-order valence-electron chi connectivity index (χ4n) is 4.71. The summed E-state index contributed by atoms with van der Waals surface area (Å²) in [5.41, 5.74) is 11.9. The summed E-state index contributed by atoms with van der Waals surface area (Å²) in [5.74, 6) is 0.